The van der Waals surface area contributed by atoms with Gasteiger partial charge in [0.15, 0.2) is 5.78 Å². The first kappa shape index (κ1) is 18.0. The lowest BCUT2D eigenvalue weighted by atomic mass is 9.85. The monoisotopic (exact) mass is 444 g/mol. The molecule has 0 fully saturated rings. The average molecular weight is 445 g/mol. The molecule has 0 spiro atoms. The third kappa shape index (κ3) is 3.12. The number of carbonyl (C=O) groups excluding carboxylic acids is 1. The van der Waals surface area contributed by atoms with Crippen LogP contribution in [0.15, 0.2) is 82.1 Å². The maximum atomic E-state index is 13.1. The fourth-order valence-corrected chi connectivity index (χ4v) is 4.40. The molecule has 4 nitrogen and oxygen atoms in total. The second kappa shape index (κ2) is 7.08. The summed E-state index contributed by atoms with van der Waals surface area (Å²) in [5.41, 5.74) is 3.50. The largest absolute Gasteiger partial charge is 0.324 e. The van der Waals surface area contributed by atoms with E-state index in [9.17, 15) is 9.59 Å². The standard InChI is InChI=1S/C24H17BrN2O2/c25-17-11-9-15(10-12-17)22(28)13-20-18-6-2-1-5-16(18)14-27-21-8-4-3-7-19(21)24(29)26-23(20)27/h1-12,20H,13-14H2. The SMILES string of the molecule is O=C(CC1c2ccccc2Cn2c1nc(=O)c1ccccc12)c1ccc(Br)cc1. The van der Waals surface area contributed by atoms with Crippen LogP contribution in [0.5, 0.6) is 0 Å². The maximum Gasteiger partial charge on any atom is 0.280 e. The summed E-state index contributed by atoms with van der Waals surface area (Å²) in [7, 11) is 0. The van der Waals surface area contributed by atoms with Crippen molar-refractivity contribution in [2.45, 2.75) is 18.9 Å². The zero-order valence-electron chi connectivity index (χ0n) is 15.5. The molecule has 1 atom stereocenters. The smallest absolute Gasteiger partial charge is 0.280 e. The summed E-state index contributed by atoms with van der Waals surface area (Å²) >= 11 is 3.41. The van der Waals surface area contributed by atoms with Crippen LogP contribution in [-0.4, -0.2) is 15.3 Å². The molecule has 142 valence electrons. The second-order valence-corrected chi connectivity index (χ2v) is 8.18. The van der Waals surface area contributed by atoms with Crippen LogP contribution in [0.1, 0.15) is 39.6 Å². The van der Waals surface area contributed by atoms with E-state index in [1.807, 2.05) is 60.7 Å². The molecule has 1 aliphatic rings. The Morgan fingerprint density at radius 3 is 2.55 bits per heavy atom. The summed E-state index contributed by atoms with van der Waals surface area (Å²) in [6, 6.07) is 23.0. The number of halogens is 1. The number of aromatic nitrogens is 2. The minimum absolute atomic E-state index is 0.0353. The summed E-state index contributed by atoms with van der Waals surface area (Å²) in [6.07, 6.45) is 0.267. The van der Waals surface area contributed by atoms with E-state index in [1.54, 1.807) is 6.07 Å². The third-order valence-electron chi connectivity index (χ3n) is 5.54. The van der Waals surface area contributed by atoms with Gasteiger partial charge in [0, 0.05) is 23.0 Å². The van der Waals surface area contributed by atoms with Crippen molar-refractivity contribution in [2.75, 3.05) is 0 Å². The van der Waals surface area contributed by atoms with Gasteiger partial charge in [-0.2, -0.15) is 4.98 Å². The highest BCUT2D eigenvalue weighted by Gasteiger charge is 2.30. The highest BCUT2D eigenvalue weighted by molar-refractivity contribution is 9.10. The molecule has 1 unspecified atom stereocenters. The molecule has 5 rings (SSSR count). The molecule has 0 N–H and O–H groups in total. The van der Waals surface area contributed by atoms with Crippen molar-refractivity contribution in [1.29, 1.82) is 0 Å². The van der Waals surface area contributed by atoms with E-state index in [-0.39, 0.29) is 23.7 Å². The highest BCUT2D eigenvalue weighted by atomic mass is 79.9. The minimum Gasteiger partial charge on any atom is -0.324 e. The van der Waals surface area contributed by atoms with Gasteiger partial charge >= 0.3 is 0 Å². The van der Waals surface area contributed by atoms with Gasteiger partial charge < -0.3 is 4.57 Å². The fourth-order valence-electron chi connectivity index (χ4n) is 4.14. The predicted molar refractivity (Wildman–Crippen MR) is 116 cm³/mol. The van der Waals surface area contributed by atoms with Crippen LogP contribution in [-0.2, 0) is 6.54 Å². The van der Waals surface area contributed by atoms with Gasteiger partial charge in [-0.3, -0.25) is 9.59 Å². The number of fused-ring (bicyclic) bond motifs is 4. The quantitative estimate of drug-likeness (QED) is 0.421. The van der Waals surface area contributed by atoms with E-state index in [2.05, 4.69) is 31.5 Å². The second-order valence-electron chi connectivity index (χ2n) is 7.26. The molecule has 0 bridgehead atoms. The van der Waals surface area contributed by atoms with Gasteiger partial charge in [-0.25, -0.2) is 0 Å². The van der Waals surface area contributed by atoms with Gasteiger partial charge in [0.25, 0.3) is 5.56 Å². The number of rotatable bonds is 3. The number of Topliss-reactive ketones (excluding diaryl/α,β-unsaturated/α-hetero) is 1. The fraction of sp³-hybridized carbons (Fsp3) is 0.125. The molecule has 1 aliphatic heterocycles. The molecule has 2 heterocycles. The van der Waals surface area contributed by atoms with Gasteiger partial charge in [0.05, 0.1) is 16.8 Å². The molecule has 1 aromatic heterocycles. The van der Waals surface area contributed by atoms with Crippen LogP contribution in [0.3, 0.4) is 0 Å². The van der Waals surface area contributed by atoms with Crippen LogP contribution in [0.4, 0.5) is 0 Å². The number of hydrogen-bond donors (Lipinski definition) is 0. The number of ketones is 1. The van der Waals surface area contributed by atoms with Crippen molar-refractivity contribution in [2.24, 2.45) is 0 Å². The summed E-state index contributed by atoms with van der Waals surface area (Å²) in [5, 5.41) is 0.605. The zero-order valence-corrected chi connectivity index (χ0v) is 17.1. The Balaban J connectivity index is 1.66. The van der Waals surface area contributed by atoms with Crippen molar-refractivity contribution in [3.63, 3.8) is 0 Å². The van der Waals surface area contributed by atoms with Crippen LogP contribution in [0.25, 0.3) is 10.9 Å². The van der Waals surface area contributed by atoms with Gasteiger partial charge in [-0.15, -0.1) is 0 Å². The van der Waals surface area contributed by atoms with Gasteiger partial charge in [-0.1, -0.05) is 64.5 Å². The molecule has 29 heavy (non-hydrogen) atoms. The first-order chi connectivity index (χ1) is 14.1. The molecule has 0 aliphatic carbocycles. The zero-order chi connectivity index (χ0) is 20.0. The molecule has 0 saturated heterocycles. The average Bonchev–Trinajstić information content (AvgIpc) is 2.75. The maximum absolute atomic E-state index is 13.1. The van der Waals surface area contributed by atoms with Crippen molar-refractivity contribution in [3.8, 4) is 0 Å². The Labute approximate surface area is 176 Å². The van der Waals surface area contributed by atoms with E-state index in [0.717, 1.165) is 21.1 Å². The van der Waals surface area contributed by atoms with Gasteiger partial charge in [0.1, 0.15) is 5.82 Å². The van der Waals surface area contributed by atoms with E-state index >= 15 is 0 Å². The minimum atomic E-state index is -0.256. The van der Waals surface area contributed by atoms with Crippen LogP contribution < -0.4 is 5.56 Å². The lowest BCUT2D eigenvalue weighted by Crippen LogP contribution is -2.28. The lowest BCUT2D eigenvalue weighted by molar-refractivity contribution is 0.0975. The van der Waals surface area contributed by atoms with Crippen molar-refractivity contribution in [3.05, 3.63) is 110 Å². The molecule has 0 saturated carbocycles. The lowest BCUT2D eigenvalue weighted by Gasteiger charge is -2.29. The summed E-state index contributed by atoms with van der Waals surface area (Å²) in [6.45, 7) is 0.641. The summed E-state index contributed by atoms with van der Waals surface area (Å²) < 4.78 is 3.01. The topological polar surface area (TPSA) is 52.0 Å². The van der Waals surface area contributed by atoms with E-state index in [0.29, 0.717) is 23.3 Å². The molecular formula is C24H17BrN2O2. The Bertz CT molecular complexity index is 1310. The van der Waals surface area contributed by atoms with Crippen molar-refractivity contribution < 1.29 is 4.79 Å². The Kier molecular flexibility index (Phi) is 4.40. The predicted octanol–water partition coefficient (Wildman–Crippen LogP) is 4.93. The van der Waals surface area contributed by atoms with E-state index in [1.165, 1.54) is 0 Å². The number of hydrogen-bond acceptors (Lipinski definition) is 3. The molecule has 0 radical (unpaired) electrons. The molecule has 4 aromatic rings. The van der Waals surface area contributed by atoms with Crippen molar-refractivity contribution in [1.82, 2.24) is 9.55 Å². The number of nitrogens with zero attached hydrogens (tertiary/aromatic N) is 2. The Morgan fingerprint density at radius 1 is 1.00 bits per heavy atom. The third-order valence-corrected chi connectivity index (χ3v) is 6.07. The summed E-state index contributed by atoms with van der Waals surface area (Å²) in [4.78, 5) is 30.2. The Hall–Kier alpha value is -3.05. The highest BCUT2D eigenvalue weighted by Crippen LogP contribution is 2.36. The number of para-hydroxylation sites is 1. The Morgan fingerprint density at radius 2 is 1.72 bits per heavy atom. The van der Waals surface area contributed by atoms with Crippen LogP contribution in [0, 0.1) is 0 Å². The molecule has 5 heteroatoms. The van der Waals surface area contributed by atoms with E-state index in [4.69, 9.17) is 0 Å². The molecule has 0 amide bonds. The molecule has 3 aromatic carbocycles. The van der Waals surface area contributed by atoms with Crippen LogP contribution >= 0.6 is 15.9 Å². The first-order valence-electron chi connectivity index (χ1n) is 9.48. The number of benzene rings is 3. The molecular weight excluding hydrogens is 428 g/mol. The van der Waals surface area contributed by atoms with Gasteiger partial charge in [0.2, 0.25) is 0 Å². The normalized spacial score (nSPS) is 15.0. The van der Waals surface area contributed by atoms with E-state index < -0.39 is 0 Å². The van der Waals surface area contributed by atoms with Crippen molar-refractivity contribution >= 4 is 32.6 Å². The summed E-state index contributed by atoms with van der Waals surface area (Å²) in [5.74, 6) is 0.444. The van der Waals surface area contributed by atoms with Gasteiger partial charge in [-0.05, 0) is 35.4 Å². The van der Waals surface area contributed by atoms with Crippen LogP contribution in [0.2, 0.25) is 0 Å². The number of carbonyl (C=O) groups is 1. The first-order valence-corrected chi connectivity index (χ1v) is 10.3.